The molecule has 4 saturated heterocycles. The first-order valence-corrected chi connectivity index (χ1v) is 42.3. The molecule has 106 heavy (non-hydrogen) atoms. The largest absolute Gasteiger partial charge is 0.496 e. The summed E-state index contributed by atoms with van der Waals surface area (Å²) in [5.41, 5.74) is 3.95. The van der Waals surface area contributed by atoms with Crippen LogP contribution in [0.5, 0.6) is 23.0 Å². The number of rotatable bonds is 28. The zero-order valence-corrected chi connectivity index (χ0v) is 65.8. The van der Waals surface area contributed by atoms with Crippen LogP contribution in [0.3, 0.4) is 0 Å². The number of pyridine rings is 2. The molecule has 4 aliphatic heterocycles. The molecule has 8 heterocycles. The Morgan fingerprint density at radius 1 is 0.613 bits per heavy atom. The standard InChI is InChI=1S/C40H50N4O7S2.C39H49N5O7S2/c1-8-22(5)26-12-14-30-35(51-34-16-28(37-42-29(20-52-37)21(3)4)41-36-23(6)33(50-7)15-13-27(34)36)17-31(44(30)38(26)46)32(45)19-40(18-24(40)9-2)39(47)43-53(48,49)25-10-11-25;1-8-21(5)34-37(46)44-28(30(45)17-39(16-23(39)9-2)38(47)43-53(48,49)24-10-11-24)15-33(29(44)18-40-34)51-32-14-26(36-42-27(19-52-36)20(3)4)41-35-22(6)31(50-7)13-12-25(32)35/h9,13,15-16,20-22,24-26,30-31,35H,2,8,10-12,14,17-19H2,1,3-7H3,(H,43,47);9,12-14,19-21,23-24,28-29,33-34,40H,2,8,10-11,15-18H2,1,3-7H3,(H,43,47)/t22-,24-,26-,30-,31+,35-,40-;21-,23-,28+,29-,33-,34-,39-/m11/s1. The number of nitrogens with zero attached hydrogens (tertiary/aromatic N) is 6. The molecule has 3 N–H and O–H groups in total. The third-order valence-corrected chi connectivity index (χ3v) is 29.3. The Kier molecular flexibility index (Phi) is 21.4. The zero-order valence-electron chi connectivity index (χ0n) is 62.6. The van der Waals surface area contributed by atoms with Crippen molar-refractivity contribution in [2.75, 3.05) is 20.8 Å². The summed E-state index contributed by atoms with van der Waals surface area (Å²) in [6.07, 6.45) is 7.91. The number of Topliss-reactive ketones (excluding diaryl/α,β-unsaturated/α-hetero) is 2. The number of piperidine rings is 1. The maximum Gasteiger partial charge on any atom is 0.241 e. The first-order chi connectivity index (χ1) is 50.4. The molecule has 0 unspecified atom stereocenters. The Bertz CT molecular complexity index is 4450. The highest BCUT2D eigenvalue weighted by Crippen LogP contribution is 2.59. The summed E-state index contributed by atoms with van der Waals surface area (Å²) < 4.78 is 80.7. The van der Waals surface area contributed by atoms with Crippen molar-refractivity contribution in [1.29, 1.82) is 0 Å². The highest BCUT2D eigenvalue weighted by atomic mass is 32.2. The lowest BCUT2D eigenvalue weighted by atomic mass is 9.81. The number of amides is 4. The van der Waals surface area contributed by atoms with Gasteiger partial charge in [0, 0.05) is 82.9 Å². The third-order valence-electron chi connectivity index (χ3n) is 23.9. The number of ketones is 2. The lowest BCUT2D eigenvalue weighted by Crippen LogP contribution is -2.64. The van der Waals surface area contributed by atoms with E-state index in [9.17, 15) is 45.6 Å². The van der Waals surface area contributed by atoms with Gasteiger partial charge in [0.25, 0.3) is 0 Å². The lowest BCUT2D eigenvalue weighted by Gasteiger charge is -2.41. The minimum absolute atomic E-state index is 0.0242. The van der Waals surface area contributed by atoms with Crippen LogP contribution in [-0.4, -0.2) is 155 Å². The molecule has 6 aromatic rings. The average molecular weight is 1530 g/mol. The Labute approximate surface area is 629 Å². The van der Waals surface area contributed by atoms with Gasteiger partial charge in [0.05, 0.1) is 88.2 Å². The highest BCUT2D eigenvalue weighted by Gasteiger charge is 2.64. The van der Waals surface area contributed by atoms with Crippen LogP contribution in [0.25, 0.3) is 43.2 Å². The number of piperazine rings is 1. The number of carbonyl (C=O) groups excluding carboxylic acids is 6. The molecule has 568 valence electrons. The predicted octanol–water partition coefficient (Wildman–Crippen LogP) is 12.0. The van der Waals surface area contributed by atoms with Crippen molar-refractivity contribution in [3.8, 4) is 44.4 Å². The van der Waals surface area contributed by atoms with Crippen molar-refractivity contribution in [3.05, 3.63) is 95.0 Å². The molecule has 4 saturated carbocycles. The van der Waals surface area contributed by atoms with Gasteiger partial charge >= 0.3 is 0 Å². The van der Waals surface area contributed by atoms with E-state index in [2.05, 4.69) is 69.5 Å². The molecule has 4 aliphatic carbocycles. The van der Waals surface area contributed by atoms with Crippen LogP contribution < -0.4 is 33.7 Å². The molecule has 0 radical (unpaired) electrons. The lowest BCUT2D eigenvalue weighted by molar-refractivity contribution is -0.149. The van der Waals surface area contributed by atoms with Gasteiger partial charge in [-0.3, -0.25) is 38.2 Å². The molecule has 8 aliphatic rings. The van der Waals surface area contributed by atoms with Crippen molar-refractivity contribution >= 4 is 99.7 Å². The minimum atomic E-state index is -3.81. The van der Waals surface area contributed by atoms with E-state index >= 15 is 0 Å². The molecule has 2 aromatic carbocycles. The summed E-state index contributed by atoms with van der Waals surface area (Å²) in [5, 5.41) is 9.45. The monoisotopic (exact) mass is 1530 g/mol. The number of ether oxygens (including phenoxy) is 4. The van der Waals surface area contributed by atoms with Gasteiger partial charge in [0.1, 0.15) is 56.6 Å². The number of fused-ring (bicyclic) bond motifs is 4. The molecule has 0 spiro atoms. The van der Waals surface area contributed by atoms with Crippen molar-refractivity contribution in [1.82, 2.24) is 44.5 Å². The van der Waals surface area contributed by atoms with E-state index in [-0.39, 0.29) is 96.5 Å². The van der Waals surface area contributed by atoms with Gasteiger partial charge < -0.3 is 34.1 Å². The maximum absolute atomic E-state index is 14.5. The van der Waals surface area contributed by atoms with Crippen molar-refractivity contribution < 1.29 is 64.6 Å². The minimum Gasteiger partial charge on any atom is -0.496 e. The summed E-state index contributed by atoms with van der Waals surface area (Å²) in [5.74, 6) is 0.186. The van der Waals surface area contributed by atoms with E-state index in [1.807, 2.05) is 74.9 Å². The second-order valence-electron chi connectivity index (χ2n) is 31.4. The van der Waals surface area contributed by atoms with Crippen LogP contribution in [0, 0.1) is 54.3 Å². The Morgan fingerprint density at radius 2 is 1.05 bits per heavy atom. The number of nitrogens with one attached hydrogen (secondary N) is 3. The number of aryl methyl sites for hydroxylation is 2. The van der Waals surface area contributed by atoms with Crippen molar-refractivity contribution in [2.24, 2.45) is 40.4 Å². The van der Waals surface area contributed by atoms with Crippen LogP contribution in [0.4, 0.5) is 0 Å². The fraction of sp³-hybridized carbons (Fsp3) is 0.570. The first-order valence-electron chi connectivity index (χ1n) is 37.5. The van der Waals surface area contributed by atoms with Gasteiger partial charge in [-0.25, -0.2) is 36.8 Å². The number of thiazole rings is 2. The predicted molar refractivity (Wildman–Crippen MR) is 408 cm³/mol. The van der Waals surface area contributed by atoms with Crippen LogP contribution >= 0.6 is 22.7 Å². The number of methoxy groups -OCH3 is 2. The fourth-order valence-electron chi connectivity index (χ4n) is 16.4. The second-order valence-corrected chi connectivity index (χ2v) is 37.0. The van der Waals surface area contributed by atoms with Crippen LogP contribution in [0.15, 0.2) is 72.5 Å². The second kappa shape index (κ2) is 29.7. The van der Waals surface area contributed by atoms with Gasteiger partial charge in [-0.1, -0.05) is 80.4 Å². The molecule has 4 amide bonds. The van der Waals surface area contributed by atoms with Gasteiger partial charge in [-0.15, -0.1) is 35.8 Å². The Hall–Kier alpha value is -7.72. The summed E-state index contributed by atoms with van der Waals surface area (Å²) in [6.45, 7) is 28.6. The van der Waals surface area contributed by atoms with E-state index in [1.54, 1.807) is 36.2 Å². The number of carbonyl (C=O) groups is 6. The van der Waals surface area contributed by atoms with E-state index in [1.165, 1.54) is 22.7 Å². The van der Waals surface area contributed by atoms with Crippen molar-refractivity contribution in [3.63, 3.8) is 0 Å². The van der Waals surface area contributed by atoms with E-state index < -0.39 is 89.6 Å². The maximum atomic E-state index is 14.5. The van der Waals surface area contributed by atoms with E-state index in [4.69, 9.17) is 38.9 Å². The summed E-state index contributed by atoms with van der Waals surface area (Å²) in [7, 11) is -4.37. The summed E-state index contributed by atoms with van der Waals surface area (Å²) >= 11 is 3.04. The molecule has 14 rings (SSSR count). The molecule has 0 bridgehead atoms. The van der Waals surface area contributed by atoms with Gasteiger partial charge in [-0.2, -0.15) is 0 Å². The molecule has 8 fully saturated rings. The number of benzene rings is 2. The van der Waals surface area contributed by atoms with Crippen LogP contribution in [-0.2, 0) is 48.8 Å². The van der Waals surface area contributed by atoms with Crippen molar-refractivity contribution in [2.45, 2.75) is 224 Å². The van der Waals surface area contributed by atoms with Crippen LogP contribution in [0.2, 0.25) is 0 Å². The normalized spacial score (nSPS) is 27.4. The average Bonchev–Trinajstić information content (AvgIpc) is 1.57. The van der Waals surface area contributed by atoms with Gasteiger partial charge in [0.15, 0.2) is 11.6 Å². The molecule has 23 nitrogen and oxygen atoms in total. The Morgan fingerprint density at radius 3 is 1.43 bits per heavy atom. The summed E-state index contributed by atoms with van der Waals surface area (Å²) in [4.78, 5) is 108. The highest BCUT2D eigenvalue weighted by molar-refractivity contribution is 7.91. The number of aromatic nitrogens is 4. The van der Waals surface area contributed by atoms with Crippen LogP contribution in [0.1, 0.15) is 180 Å². The molecule has 14 atom stereocenters. The Balaban J connectivity index is 0.000000188. The van der Waals surface area contributed by atoms with E-state index in [0.717, 1.165) is 61.7 Å². The first kappa shape index (κ1) is 76.5. The third kappa shape index (κ3) is 14.4. The fourth-order valence-corrected chi connectivity index (χ4v) is 21.0. The number of hydrogen-bond acceptors (Lipinski definition) is 21. The molecule has 27 heteroatoms. The zero-order chi connectivity index (χ0) is 76.0. The molecule has 4 aromatic heterocycles. The quantitative estimate of drug-likeness (QED) is 0.0384. The SMILES string of the molecule is C=C[C@@H]1C[C@]1(CC(=O)[C@@H]1C[C@@H](Oc2cc(-c3nc(C(C)C)cs3)nc3c(C)c(OC)ccc23)[C@H]2CC[C@H]([C@H](C)CC)C(=O)N21)C(=O)NS(=O)(=O)C1CC1.C=C[C@@H]1C[C@]1(CC(=O)[C@@H]1C[C@@H](Oc2cc(-c3nc(C(C)C)cs3)nc3c(C)c(OC)ccc23)[C@H]2CN[C@H]([C@H](C)CC)C(=O)N21)C(=O)NS(=O)(=O)C1CC1. The topological polar surface area (TPSA) is 302 Å². The number of hydrogen-bond donors (Lipinski definition) is 3. The number of allylic oxidation sites excluding steroid dienone is 2. The smallest absolute Gasteiger partial charge is 0.241 e. The number of sulfonamides is 2. The van der Waals surface area contributed by atoms with Gasteiger partial charge in [-0.05, 0) is 125 Å². The summed E-state index contributed by atoms with van der Waals surface area (Å²) in [6, 6.07) is 8.42. The van der Waals surface area contributed by atoms with Gasteiger partial charge in [0.2, 0.25) is 43.7 Å². The molecular weight excluding hydrogens is 1430 g/mol. The molecular formula is C79H99N9O14S4. The van der Waals surface area contributed by atoms with E-state index in [0.29, 0.717) is 97.8 Å².